The molecule has 2 atom stereocenters. The van der Waals surface area contributed by atoms with Crippen LogP contribution in [-0.4, -0.2) is 35.9 Å². The normalized spacial score (nSPS) is 24.7. The Morgan fingerprint density at radius 3 is 2.22 bits per heavy atom. The van der Waals surface area contributed by atoms with Crippen molar-refractivity contribution in [2.45, 2.75) is 60.6 Å². The zero-order valence-corrected chi connectivity index (χ0v) is 22.7. The molecular formula is C30H36N4O2. The van der Waals surface area contributed by atoms with E-state index in [-0.39, 0.29) is 12.1 Å². The van der Waals surface area contributed by atoms with Crippen LogP contribution in [0.4, 0.5) is 0 Å². The van der Waals surface area contributed by atoms with Crippen molar-refractivity contribution in [1.29, 1.82) is 0 Å². The molecule has 0 spiro atoms. The summed E-state index contributed by atoms with van der Waals surface area (Å²) < 4.78 is 11.7. The minimum Gasteiger partial charge on any atom is -0.498 e. The molecule has 0 fully saturated rings. The molecule has 2 aromatic heterocycles. The zero-order valence-electron chi connectivity index (χ0n) is 22.7. The lowest BCUT2D eigenvalue weighted by atomic mass is 10.0. The maximum atomic E-state index is 5.88. The Morgan fingerprint density at radius 2 is 1.53 bits per heavy atom. The van der Waals surface area contributed by atoms with Gasteiger partial charge in [0.05, 0.1) is 24.6 Å². The van der Waals surface area contributed by atoms with E-state index in [1.54, 1.807) is 14.2 Å². The van der Waals surface area contributed by atoms with Crippen LogP contribution >= 0.6 is 0 Å². The molecule has 5 rings (SSSR count). The number of aromatic amines is 2. The van der Waals surface area contributed by atoms with Gasteiger partial charge in [-0.3, -0.25) is 0 Å². The molecule has 6 nitrogen and oxygen atoms in total. The molecule has 8 bridgehead atoms. The van der Waals surface area contributed by atoms with Crippen LogP contribution in [0.3, 0.4) is 0 Å². The summed E-state index contributed by atoms with van der Waals surface area (Å²) in [6, 6.07) is -0.0724. The number of aliphatic imine (C=N–C) groups is 1. The van der Waals surface area contributed by atoms with Crippen LogP contribution in [0.1, 0.15) is 67.4 Å². The molecule has 0 aliphatic carbocycles. The number of nitrogens with zero attached hydrogens (tertiary/aromatic N) is 1. The number of nitrogens with one attached hydrogen (secondary N) is 3. The number of hydrogen-bond acceptors (Lipinski definition) is 4. The quantitative estimate of drug-likeness (QED) is 0.595. The second-order valence-electron chi connectivity index (χ2n) is 10.0. The average molecular weight is 485 g/mol. The van der Waals surface area contributed by atoms with E-state index >= 15 is 0 Å². The summed E-state index contributed by atoms with van der Waals surface area (Å²) in [5, 5.41) is 5.86. The molecule has 3 aliphatic heterocycles. The maximum Gasteiger partial charge on any atom is 0.127 e. The number of rotatable bonds is 3. The Labute approximate surface area is 212 Å². The first-order valence-corrected chi connectivity index (χ1v) is 12.5. The van der Waals surface area contributed by atoms with E-state index in [1.807, 2.05) is 0 Å². The van der Waals surface area contributed by atoms with Gasteiger partial charge in [0.2, 0.25) is 0 Å². The Morgan fingerprint density at radius 1 is 0.806 bits per heavy atom. The SMILES string of the molecule is COC1=C(C)/C2=C/c3[nH]c(c(C)c3C(C)OC)/C=C3N=C(/C=c4\[nH]/c(c(C)c4C)=C\C1N2)C(C)=C\3C. The third kappa shape index (κ3) is 3.71. The van der Waals surface area contributed by atoms with Gasteiger partial charge in [-0.05, 0) is 101 Å². The lowest BCUT2D eigenvalue weighted by Gasteiger charge is -2.12. The molecule has 2 aromatic rings. The predicted octanol–water partition coefficient (Wildman–Crippen LogP) is 4.62. The van der Waals surface area contributed by atoms with E-state index in [9.17, 15) is 0 Å². The highest BCUT2D eigenvalue weighted by Crippen LogP contribution is 2.34. The molecule has 6 heteroatoms. The molecule has 0 radical (unpaired) electrons. The Hall–Kier alpha value is -3.51. The van der Waals surface area contributed by atoms with E-state index < -0.39 is 0 Å². The summed E-state index contributed by atoms with van der Waals surface area (Å²) in [6.45, 7) is 15.0. The molecule has 5 heterocycles. The monoisotopic (exact) mass is 484 g/mol. The van der Waals surface area contributed by atoms with Crippen LogP contribution in [-0.2, 0) is 9.47 Å². The van der Waals surface area contributed by atoms with Crippen molar-refractivity contribution in [3.05, 3.63) is 78.2 Å². The number of fused-ring (bicyclic) bond motifs is 7. The third-order valence-corrected chi connectivity index (χ3v) is 8.11. The zero-order chi connectivity index (χ0) is 25.9. The van der Waals surface area contributed by atoms with Crippen molar-refractivity contribution in [1.82, 2.24) is 15.3 Å². The molecule has 2 unspecified atom stereocenters. The molecule has 0 saturated carbocycles. The highest BCUT2D eigenvalue weighted by molar-refractivity contribution is 6.23. The minimum atomic E-state index is -0.0724. The average Bonchev–Trinajstić information content (AvgIpc) is 3.50. The van der Waals surface area contributed by atoms with Gasteiger partial charge in [0.1, 0.15) is 11.8 Å². The first-order valence-electron chi connectivity index (χ1n) is 12.5. The number of aromatic nitrogens is 2. The summed E-state index contributed by atoms with van der Waals surface area (Å²) >= 11 is 0. The lowest BCUT2D eigenvalue weighted by molar-refractivity contribution is 0.119. The van der Waals surface area contributed by atoms with Crippen molar-refractivity contribution in [3.8, 4) is 0 Å². The molecule has 188 valence electrons. The van der Waals surface area contributed by atoms with E-state index in [0.717, 1.165) is 56.1 Å². The van der Waals surface area contributed by atoms with E-state index in [2.05, 4.69) is 88.1 Å². The minimum absolute atomic E-state index is 0.0609. The highest BCUT2D eigenvalue weighted by Gasteiger charge is 2.28. The number of ether oxygens (including phenoxy) is 2. The van der Waals surface area contributed by atoms with Crippen molar-refractivity contribution in [2.24, 2.45) is 4.99 Å². The highest BCUT2D eigenvalue weighted by atomic mass is 16.5. The Kier molecular flexibility index (Phi) is 5.95. The Bertz CT molecular complexity index is 1550. The second-order valence-corrected chi connectivity index (χ2v) is 10.0. The van der Waals surface area contributed by atoms with Crippen molar-refractivity contribution < 1.29 is 9.47 Å². The van der Waals surface area contributed by atoms with Crippen LogP contribution in [0.25, 0.3) is 24.3 Å². The summed E-state index contributed by atoms with van der Waals surface area (Å²) in [5.74, 6) is 0.924. The van der Waals surface area contributed by atoms with E-state index in [4.69, 9.17) is 14.5 Å². The van der Waals surface area contributed by atoms with Gasteiger partial charge >= 0.3 is 0 Å². The molecule has 3 N–H and O–H groups in total. The summed E-state index contributed by atoms with van der Waals surface area (Å²) in [5.41, 5.74) is 13.3. The largest absolute Gasteiger partial charge is 0.498 e. The van der Waals surface area contributed by atoms with Crippen LogP contribution < -0.4 is 16.0 Å². The fourth-order valence-electron chi connectivity index (χ4n) is 5.40. The van der Waals surface area contributed by atoms with Gasteiger partial charge in [0.15, 0.2) is 0 Å². The van der Waals surface area contributed by atoms with Gasteiger partial charge in [0.25, 0.3) is 0 Å². The van der Waals surface area contributed by atoms with Gasteiger partial charge in [-0.15, -0.1) is 0 Å². The van der Waals surface area contributed by atoms with Gasteiger partial charge in [-0.2, -0.15) is 0 Å². The molecule has 0 aromatic carbocycles. The maximum absolute atomic E-state index is 5.88. The number of allylic oxidation sites excluding steroid dienone is 3. The Balaban J connectivity index is 1.84. The van der Waals surface area contributed by atoms with Crippen molar-refractivity contribution in [3.63, 3.8) is 0 Å². The first-order chi connectivity index (χ1) is 17.1. The first kappa shape index (κ1) is 24.2. The summed E-state index contributed by atoms with van der Waals surface area (Å²) in [4.78, 5) is 12.3. The predicted molar refractivity (Wildman–Crippen MR) is 148 cm³/mol. The van der Waals surface area contributed by atoms with E-state index in [0.29, 0.717) is 0 Å². The number of H-pyrrole nitrogens is 2. The smallest absolute Gasteiger partial charge is 0.127 e. The van der Waals surface area contributed by atoms with Crippen molar-refractivity contribution >= 4 is 30.0 Å². The molecular weight excluding hydrogens is 448 g/mol. The lowest BCUT2D eigenvalue weighted by Crippen LogP contribution is -2.26. The van der Waals surface area contributed by atoms with E-state index in [1.165, 1.54) is 27.8 Å². The van der Waals surface area contributed by atoms with Gasteiger partial charge in [-0.1, -0.05) is 0 Å². The molecule has 0 amide bonds. The standard InChI is InChI=1S/C30H36N4O2/c1-14-15(2)23-11-25-18(5)29(20(7)35-8)27(33-25)12-26-19(6)30(36-9)28(34-26)13-24-17(4)16(3)22(32-24)10-21(14)31-23/h10-13,20,28,32-34H,1-9H3/b22-10-,23-11-,24-13-,26-12-. The van der Waals surface area contributed by atoms with Crippen LogP contribution in [0, 0.1) is 20.8 Å². The fourth-order valence-corrected chi connectivity index (χ4v) is 5.40. The molecule has 36 heavy (non-hydrogen) atoms. The van der Waals surface area contributed by atoms with Crippen LogP contribution in [0.5, 0.6) is 0 Å². The summed E-state index contributed by atoms with van der Waals surface area (Å²) in [7, 11) is 3.50. The van der Waals surface area contributed by atoms with Gasteiger partial charge in [0, 0.05) is 46.0 Å². The molecule has 3 aliphatic rings. The number of methoxy groups -OCH3 is 2. The third-order valence-electron chi connectivity index (χ3n) is 8.11. The van der Waals surface area contributed by atoms with Crippen LogP contribution in [0.15, 0.2) is 38.9 Å². The topological polar surface area (TPSA) is 74.4 Å². The van der Waals surface area contributed by atoms with Crippen molar-refractivity contribution in [2.75, 3.05) is 14.2 Å². The number of hydrogen-bond donors (Lipinski definition) is 3. The van der Waals surface area contributed by atoms with Crippen LogP contribution in [0.2, 0.25) is 0 Å². The second kappa shape index (κ2) is 8.86. The molecule has 0 saturated heterocycles. The van der Waals surface area contributed by atoms with Gasteiger partial charge < -0.3 is 24.8 Å². The summed E-state index contributed by atoms with van der Waals surface area (Å²) in [6.07, 6.45) is 8.66. The van der Waals surface area contributed by atoms with Gasteiger partial charge in [-0.25, -0.2) is 4.99 Å². The fraction of sp³-hybridized carbons (Fsp3) is 0.367.